The highest BCUT2D eigenvalue weighted by Gasteiger charge is 2.32. The van der Waals surface area contributed by atoms with E-state index < -0.39 is 12.1 Å². The molecule has 3 aromatic rings. The number of hydrogen-bond acceptors (Lipinski definition) is 2. The van der Waals surface area contributed by atoms with Crippen molar-refractivity contribution in [2.45, 2.75) is 12.5 Å². The predicted octanol–water partition coefficient (Wildman–Crippen LogP) is 4.79. The van der Waals surface area contributed by atoms with E-state index in [9.17, 15) is 9.59 Å². The van der Waals surface area contributed by atoms with E-state index in [4.69, 9.17) is 11.6 Å². The third-order valence-corrected chi connectivity index (χ3v) is 5.13. The lowest BCUT2D eigenvalue weighted by Crippen LogP contribution is -2.43. The molecule has 146 valence electrons. The lowest BCUT2D eigenvalue weighted by atomic mass is 10.1. The summed E-state index contributed by atoms with van der Waals surface area (Å²) in [6.45, 7) is 0.596. The van der Waals surface area contributed by atoms with Gasteiger partial charge >= 0.3 is 6.03 Å². The highest BCUT2D eigenvalue weighted by atomic mass is 35.5. The Morgan fingerprint density at radius 1 is 0.931 bits per heavy atom. The third kappa shape index (κ3) is 4.25. The van der Waals surface area contributed by atoms with Crippen molar-refractivity contribution >= 4 is 34.9 Å². The Labute approximate surface area is 174 Å². The Balaban J connectivity index is 1.57. The summed E-state index contributed by atoms with van der Waals surface area (Å²) in [6, 6.07) is 22.7. The number of rotatable bonds is 4. The van der Waals surface area contributed by atoms with Crippen LogP contribution in [0.25, 0.3) is 0 Å². The van der Waals surface area contributed by atoms with Gasteiger partial charge in [-0.25, -0.2) is 4.79 Å². The highest BCUT2D eigenvalue weighted by Crippen LogP contribution is 2.30. The fourth-order valence-electron chi connectivity index (χ4n) is 3.52. The molecule has 0 bridgehead atoms. The minimum absolute atomic E-state index is 0.164. The van der Waals surface area contributed by atoms with Crippen LogP contribution >= 0.6 is 11.6 Å². The van der Waals surface area contributed by atoms with E-state index in [2.05, 4.69) is 10.6 Å². The smallest absolute Gasteiger partial charge is 0.320 e. The van der Waals surface area contributed by atoms with Gasteiger partial charge in [0, 0.05) is 22.9 Å². The normalized spacial score (nSPS) is 13.5. The number of hydrogen-bond donors (Lipinski definition) is 2. The molecule has 4 rings (SSSR count). The van der Waals surface area contributed by atoms with Crippen LogP contribution in [0.15, 0.2) is 78.9 Å². The number of urea groups is 1. The largest absolute Gasteiger partial charge is 0.322 e. The Kier molecular flexibility index (Phi) is 5.49. The van der Waals surface area contributed by atoms with Gasteiger partial charge in [0.2, 0.25) is 0 Å². The fourth-order valence-corrected chi connectivity index (χ4v) is 3.71. The maximum atomic E-state index is 13.4. The van der Waals surface area contributed by atoms with Crippen molar-refractivity contribution in [1.29, 1.82) is 0 Å². The van der Waals surface area contributed by atoms with E-state index in [1.54, 1.807) is 29.2 Å². The summed E-state index contributed by atoms with van der Waals surface area (Å²) in [6.07, 6.45) is 0.804. The number of anilines is 2. The Morgan fingerprint density at radius 3 is 2.48 bits per heavy atom. The molecule has 0 spiro atoms. The molecule has 1 aliphatic rings. The topological polar surface area (TPSA) is 61.4 Å². The number of nitrogens with zero attached hydrogens (tertiary/aromatic N) is 1. The maximum absolute atomic E-state index is 13.4. The monoisotopic (exact) mass is 405 g/mol. The molecule has 0 fully saturated rings. The van der Waals surface area contributed by atoms with Crippen LogP contribution in [0.3, 0.4) is 0 Å². The van der Waals surface area contributed by atoms with E-state index >= 15 is 0 Å². The van der Waals surface area contributed by atoms with Gasteiger partial charge < -0.3 is 15.5 Å². The van der Waals surface area contributed by atoms with Crippen LogP contribution in [0.5, 0.6) is 0 Å². The quantitative estimate of drug-likeness (QED) is 0.655. The van der Waals surface area contributed by atoms with Crippen LogP contribution in [0, 0.1) is 0 Å². The van der Waals surface area contributed by atoms with Gasteiger partial charge in [-0.05, 0) is 41.8 Å². The first-order valence-corrected chi connectivity index (χ1v) is 9.77. The standard InChI is InChI=1S/C23H20ClN3O2/c24-18-10-6-11-19(15-18)25-23(29)26-21(17-8-2-1-3-9-17)22(28)27-14-13-16-7-4-5-12-20(16)27/h1-12,15,21H,13-14H2,(H2,25,26,29). The van der Waals surface area contributed by atoms with Crippen molar-refractivity contribution < 1.29 is 9.59 Å². The van der Waals surface area contributed by atoms with Gasteiger partial charge in [-0.15, -0.1) is 0 Å². The molecule has 3 amide bonds. The molecule has 29 heavy (non-hydrogen) atoms. The number of para-hydroxylation sites is 1. The summed E-state index contributed by atoms with van der Waals surface area (Å²) in [5.74, 6) is -0.164. The molecule has 0 aliphatic carbocycles. The first kappa shape index (κ1) is 19.0. The molecule has 3 aromatic carbocycles. The number of nitrogens with one attached hydrogen (secondary N) is 2. The van der Waals surface area contributed by atoms with Crippen molar-refractivity contribution in [1.82, 2.24) is 5.32 Å². The number of carbonyl (C=O) groups excluding carboxylic acids is 2. The van der Waals surface area contributed by atoms with E-state index in [-0.39, 0.29) is 5.91 Å². The average Bonchev–Trinajstić information content (AvgIpc) is 3.16. The zero-order chi connectivity index (χ0) is 20.2. The summed E-state index contributed by atoms with van der Waals surface area (Å²) < 4.78 is 0. The van der Waals surface area contributed by atoms with Crippen molar-refractivity contribution in [2.75, 3.05) is 16.8 Å². The van der Waals surface area contributed by atoms with Crippen LogP contribution in [0.2, 0.25) is 5.02 Å². The van der Waals surface area contributed by atoms with E-state index in [0.717, 1.165) is 23.2 Å². The summed E-state index contributed by atoms with van der Waals surface area (Å²) in [5.41, 5.74) is 3.32. The number of halogens is 1. The van der Waals surface area contributed by atoms with Crippen LogP contribution in [0.4, 0.5) is 16.2 Å². The van der Waals surface area contributed by atoms with Gasteiger partial charge in [-0.2, -0.15) is 0 Å². The molecule has 1 unspecified atom stereocenters. The van der Waals surface area contributed by atoms with Gasteiger partial charge in [0.25, 0.3) is 5.91 Å². The molecule has 0 saturated heterocycles. The first-order chi connectivity index (χ1) is 14.1. The molecule has 0 aromatic heterocycles. The number of fused-ring (bicyclic) bond motifs is 1. The van der Waals surface area contributed by atoms with Crippen molar-refractivity contribution in [3.63, 3.8) is 0 Å². The molecule has 1 aliphatic heterocycles. The molecule has 0 saturated carbocycles. The van der Waals surface area contributed by atoms with Gasteiger partial charge in [0.1, 0.15) is 6.04 Å². The highest BCUT2D eigenvalue weighted by molar-refractivity contribution is 6.30. The number of benzene rings is 3. The summed E-state index contributed by atoms with van der Waals surface area (Å²) >= 11 is 5.98. The molecule has 1 atom stereocenters. The van der Waals surface area contributed by atoms with Crippen molar-refractivity contribution in [3.05, 3.63) is 95.0 Å². The van der Waals surface area contributed by atoms with Gasteiger partial charge in [0.05, 0.1) is 0 Å². The Morgan fingerprint density at radius 2 is 1.69 bits per heavy atom. The van der Waals surface area contributed by atoms with Crippen molar-refractivity contribution in [2.24, 2.45) is 0 Å². The molecule has 5 nitrogen and oxygen atoms in total. The van der Waals surface area contributed by atoms with Gasteiger partial charge in [-0.1, -0.05) is 66.2 Å². The van der Waals surface area contributed by atoms with Crippen LogP contribution in [0.1, 0.15) is 17.2 Å². The van der Waals surface area contributed by atoms with Gasteiger partial charge in [-0.3, -0.25) is 4.79 Å². The zero-order valence-corrected chi connectivity index (χ0v) is 16.4. The molecule has 0 radical (unpaired) electrons. The van der Waals surface area contributed by atoms with E-state index in [0.29, 0.717) is 17.3 Å². The van der Waals surface area contributed by atoms with Gasteiger partial charge in [0.15, 0.2) is 0 Å². The number of amides is 3. The summed E-state index contributed by atoms with van der Waals surface area (Å²) in [4.78, 5) is 27.8. The fraction of sp³-hybridized carbons (Fsp3) is 0.130. The molecule has 6 heteroatoms. The van der Waals surface area contributed by atoms with E-state index in [1.807, 2.05) is 54.6 Å². The lowest BCUT2D eigenvalue weighted by Gasteiger charge is -2.25. The summed E-state index contributed by atoms with van der Waals surface area (Å²) in [5, 5.41) is 6.09. The zero-order valence-electron chi connectivity index (χ0n) is 15.6. The SMILES string of the molecule is O=C(Nc1cccc(Cl)c1)NC(C(=O)N1CCc2ccccc21)c1ccccc1. The predicted molar refractivity (Wildman–Crippen MR) is 115 cm³/mol. The number of carbonyl (C=O) groups is 2. The van der Waals surface area contributed by atoms with Crippen LogP contribution in [-0.2, 0) is 11.2 Å². The second-order valence-corrected chi connectivity index (χ2v) is 7.26. The molecular weight excluding hydrogens is 386 g/mol. The van der Waals surface area contributed by atoms with E-state index in [1.165, 1.54) is 0 Å². The first-order valence-electron chi connectivity index (χ1n) is 9.39. The maximum Gasteiger partial charge on any atom is 0.320 e. The molecule has 2 N–H and O–H groups in total. The third-order valence-electron chi connectivity index (χ3n) is 4.89. The summed E-state index contributed by atoms with van der Waals surface area (Å²) in [7, 11) is 0. The minimum Gasteiger partial charge on any atom is -0.322 e. The second-order valence-electron chi connectivity index (χ2n) is 6.82. The lowest BCUT2D eigenvalue weighted by molar-refractivity contribution is -0.120. The van der Waals surface area contributed by atoms with Crippen molar-refractivity contribution in [3.8, 4) is 0 Å². The minimum atomic E-state index is -0.804. The second kappa shape index (κ2) is 8.37. The van der Waals surface area contributed by atoms with Crippen LogP contribution < -0.4 is 15.5 Å². The Bertz CT molecular complexity index is 1040. The molecular formula is C23H20ClN3O2. The van der Waals surface area contributed by atoms with Crippen LogP contribution in [-0.4, -0.2) is 18.5 Å². The molecule has 1 heterocycles. The average molecular weight is 406 g/mol. The Hall–Kier alpha value is -3.31.